The largest absolute Gasteiger partial charge is 0.462 e. The molecule has 0 fully saturated rings. The molecule has 2 amide bonds. The van der Waals surface area contributed by atoms with Gasteiger partial charge in [-0.25, -0.2) is 14.5 Å². The number of rotatable bonds is 7. The van der Waals surface area contributed by atoms with Crippen molar-refractivity contribution in [3.05, 3.63) is 71.2 Å². The second-order valence-electron chi connectivity index (χ2n) is 7.51. The highest BCUT2D eigenvalue weighted by atomic mass is 19.4. The molecule has 2 aromatic heterocycles. The Kier molecular flexibility index (Phi) is 7.52. The molecular weight excluding hydrogens is 467 g/mol. The number of halogens is 3. The highest BCUT2D eigenvalue weighted by molar-refractivity contribution is 5.99. The Hall–Kier alpha value is -4.22. The van der Waals surface area contributed by atoms with Crippen molar-refractivity contribution in [1.82, 2.24) is 19.7 Å². The maximum absolute atomic E-state index is 13.7. The summed E-state index contributed by atoms with van der Waals surface area (Å²) in [4.78, 5) is 42.1. The van der Waals surface area contributed by atoms with E-state index in [1.54, 1.807) is 18.3 Å². The van der Waals surface area contributed by atoms with Gasteiger partial charge in [-0.1, -0.05) is 0 Å². The molecule has 1 N–H and O–H groups in total. The van der Waals surface area contributed by atoms with Gasteiger partial charge < -0.3 is 15.0 Å². The number of esters is 1. The Morgan fingerprint density at radius 1 is 1.14 bits per heavy atom. The lowest BCUT2D eigenvalue weighted by Gasteiger charge is -2.17. The second kappa shape index (κ2) is 10.4. The molecule has 0 aliphatic heterocycles. The van der Waals surface area contributed by atoms with Crippen LogP contribution in [0.3, 0.4) is 0 Å². The SMILES string of the molecule is CCOC(=O)c1cnn(-c2ccc(C(=O)N(C)CC(=O)Nc3cc(C)ccn3)cc2)c1C(F)(F)F. The Balaban J connectivity index is 1.75. The number of nitrogens with one attached hydrogen (secondary N) is 1. The fourth-order valence-electron chi connectivity index (χ4n) is 3.21. The fourth-order valence-corrected chi connectivity index (χ4v) is 3.21. The normalized spacial score (nSPS) is 11.1. The van der Waals surface area contributed by atoms with Gasteiger partial charge in [0.2, 0.25) is 5.91 Å². The number of pyridine rings is 1. The molecule has 2 heterocycles. The molecule has 0 saturated carbocycles. The van der Waals surface area contributed by atoms with E-state index in [2.05, 4.69) is 20.1 Å². The van der Waals surface area contributed by atoms with E-state index in [0.29, 0.717) is 10.5 Å². The summed E-state index contributed by atoms with van der Waals surface area (Å²) in [7, 11) is 1.42. The number of hydrogen-bond donors (Lipinski definition) is 1. The lowest BCUT2D eigenvalue weighted by Crippen LogP contribution is -2.35. The molecule has 35 heavy (non-hydrogen) atoms. The summed E-state index contributed by atoms with van der Waals surface area (Å²) < 4.78 is 46.3. The van der Waals surface area contributed by atoms with Crippen LogP contribution in [0.4, 0.5) is 19.0 Å². The molecule has 0 aliphatic carbocycles. The molecular formula is C23H22F3N5O4. The van der Waals surface area contributed by atoms with E-state index in [4.69, 9.17) is 0 Å². The van der Waals surface area contributed by atoms with Gasteiger partial charge in [0, 0.05) is 18.8 Å². The van der Waals surface area contributed by atoms with Gasteiger partial charge in [-0.05, 0) is 55.8 Å². The topological polar surface area (TPSA) is 106 Å². The first-order valence-electron chi connectivity index (χ1n) is 10.4. The number of amides is 2. The van der Waals surface area contributed by atoms with Crippen LogP contribution in [0.1, 0.15) is 38.9 Å². The van der Waals surface area contributed by atoms with E-state index >= 15 is 0 Å². The van der Waals surface area contributed by atoms with E-state index in [0.717, 1.165) is 16.7 Å². The molecule has 3 aromatic rings. The minimum Gasteiger partial charge on any atom is -0.462 e. The van der Waals surface area contributed by atoms with Crippen LogP contribution in [0.15, 0.2) is 48.8 Å². The highest BCUT2D eigenvalue weighted by Crippen LogP contribution is 2.34. The average Bonchev–Trinajstić information content (AvgIpc) is 3.25. The van der Waals surface area contributed by atoms with Crippen LogP contribution < -0.4 is 5.32 Å². The molecule has 0 radical (unpaired) electrons. The van der Waals surface area contributed by atoms with Crippen LogP contribution in [0.25, 0.3) is 5.69 Å². The molecule has 0 bridgehead atoms. The van der Waals surface area contributed by atoms with Crippen LogP contribution in [0.5, 0.6) is 0 Å². The third-order valence-electron chi connectivity index (χ3n) is 4.80. The monoisotopic (exact) mass is 489 g/mol. The second-order valence-corrected chi connectivity index (χ2v) is 7.51. The van der Waals surface area contributed by atoms with Gasteiger partial charge in [0.25, 0.3) is 5.91 Å². The zero-order chi connectivity index (χ0) is 25.8. The highest BCUT2D eigenvalue weighted by Gasteiger charge is 2.41. The van der Waals surface area contributed by atoms with Crippen LogP contribution in [-0.4, -0.2) is 57.6 Å². The minimum atomic E-state index is -4.88. The molecule has 0 saturated heterocycles. The quantitative estimate of drug-likeness (QED) is 0.510. The van der Waals surface area contributed by atoms with Crippen molar-refractivity contribution in [2.75, 3.05) is 25.5 Å². The molecule has 0 aliphatic rings. The maximum atomic E-state index is 13.7. The number of nitrogens with zero attached hydrogens (tertiary/aromatic N) is 4. The van der Waals surface area contributed by atoms with Crippen molar-refractivity contribution in [2.45, 2.75) is 20.0 Å². The molecule has 0 spiro atoms. The maximum Gasteiger partial charge on any atom is 0.434 e. The molecule has 3 rings (SSSR count). The summed E-state index contributed by atoms with van der Waals surface area (Å²) >= 11 is 0. The third-order valence-corrected chi connectivity index (χ3v) is 4.80. The number of carbonyl (C=O) groups excluding carboxylic acids is 3. The first-order valence-corrected chi connectivity index (χ1v) is 10.4. The minimum absolute atomic E-state index is 0.0182. The number of aromatic nitrogens is 3. The fraction of sp³-hybridized carbons (Fsp3) is 0.261. The lowest BCUT2D eigenvalue weighted by molar-refractivity contribution is -0.143. The van der Waals surface area contributed by atoms with E-state index in [-0.39, 0.29) is 24.4 Å². The number of ether oxygens (including phenoxy) is 1. The molecule has 1 aromatic carbocycles. The number of benzene rings is 1. The zero-order valence-corrected chi connectivity index (χ0v) is 19.1. The predicted octanol–water partition coefficient (Wildman–Crippen LogP) is 3.48. The van der Waals surface area contributed by atoms with E-state index in [9.17, 15) is 27.6 Å². The Morgan fingerprint density at radius 2 is 1.83 bits per heavy atom. The Labute approximate surface area is 198 Å². The van der Waals surface area contributed by atoms with Crippen molar-refractivity contribution < 1.29 is 32.3 Å². The Bertz CT molecular complexity index is 1240. The molecule has 0 atom stereocenters. The standard InChI is InChI=1S/C23H22F3N5O4/c1-4-35-22(34)17-12-28-31(20(17)23(24,25)26)16-7-5-15(6-8-16)21(33)30(3)13-19(32)29-18-11-14(2)9-10-27-18/h5-12H,4,13H2,1-3H3,(H,27,29,32). The van der Waals surface area contributed by atoms with Gasteiger partial charge >= 0.3 is 12.1 Å². The van der Waals surface area contributed by atoms with Gasteiger partial charge in [-0.3, -0.25) is 9.59 Å². The first-order chi connectivity index (χ1) is 16.5. The Morgan fingerprint density at radius 3 is 2.43 bits per heavy atom. The summed E-state index contributed by atoms with van der Waals surface area (Å²) in [5, 5.41) is 6.28. The van der Waals surface area contributed by atoms with Crippen molar-refractivity contribution in [1.29, 1.82) is 0 Å². The van der Waals surface area contributed by atoms with Crippen LogP contribution in [0, 0.1) is 6.92 Å². The van der Waals surface area contributed by atoms with Crippen molar-refractivity contribution in [3.8, 4) is 5.69 Å². The lowest BCUT2D eigenvalue weighted by atomic mass is 10.1. The van der Waals surface area contributed by atoms with Crippen molar-refractivity contribution >= 4 is 23.6 Å². The van der Waals surface area contributed by atoms with Gasteiger partial charge in [0.1, 0.15) is 11.4 Å². The van der Waals surface area contributed by atoms with Crippen LogP contribution in [0.2, 0.25) is 0 Å². The number of likely N-dealkylation sites (N-methyl/N-ethyl adjacent to an activating group) is 1. The summed E-state index contributed by atoms with van der Waals surface area (Å²) in [6.45, 7) is 2.96. The van der Waals surface area contributed by atoms with Crippen LogP contribution in [-0.2, 0) is 15.7 Å². The predicted molar refractivity (Wildman–Crippen MR) is 119 cm³/mol. The smallest absolute Gasteiger partial charge is 0.434 e. The van der Waals surface area contributed by atoms with Gasteiger partial charge in [-0.15, -0.1) is 0 Å². The molecule has 9 nitrogen and oxygen atoms in total. The zero-order valence-electron chi connectivity index (χ0n) is 19.1. The van der Waals surface area contributed by atoms with Gasteiger partial charge in [-0.2, -0.15) is 18.3 Å². The number of aryl methyl sites for hydroxylation is 1. The number of carbonyl (C=O) groups is 3. The summed E-state index contributed by atoms with van der Waals surface area (Å²) in [5.41, 5.74) is -0.971. The average molecular weight is 489 g/mol. The van der Waals surface area contributed by atoms with Gasteiger partial charge in [0.05, 0.1) is 25.0 Å². The number of hydrogen-bond acceptors (Lipinski definition) is 6. The van der Waals surface area contributed by atoms with E-state index in [1.807, 2.05) is 6.92 Å². The summed E-state index contributed by atoms with van der Waals surface area (Å²) in [6, 6.07) is 8.58. The summed E-state index contributed by atoms with van der Waals surface area (Å²) in [5.74, 6) is -1.78. The first kappa shape index (κ1) is 25.4. The van der Waals surface area contributed by atoms with E-state index < -0.39 is 35.2 Å². The molecule has 12 heteroatoms. The van der Waals surface area contributed by atoms with E-state index in [1.165, 1.54) is 38.2 Å². The number of anilines is 1. The molecule has 0 unspecified atom stereocenters. The third kappa shape index (κ3) is 6.02. The van der Waals surface area contributed by atoms with Crippen LogP contribution >= 0.6 is 0 Å². The van der Waals surface area contributed by atoms with Gasteiger partial charge in [0.15, 0.2) is 5.69 Å². The van der Waals surface area contributed by atoms with Crippen molar-refractivity contribution in [2.24, 2.45) is 0 Å². The number of alkyl halides is 3. The molecule has 184 valence electrons. The van der Waals surface area contributed by atoms with Crippen molar-refractivity contribution in [3.63, 3.8) is 0 Å². The summed E-state index contributed by atoms with van der Waals surface area (Å²) in [6.07, 6.45) is -2.55.